The SMILES string of the molecule is CCC1CCNC(C(=O)N2CCN(C(=O)C3CC3)CC2)C1. The normalized spacial score (nSPS) is 30.3. The molecule has 0 aromatic carbocycles. The average Bonchev–Trinajstić information content (AvgIpc) is 3.38. The first-order chi connectivity index (χ1) is 10.2. The molecule has 1 N–H and O–H groups in total. The molecule has 0 aromatic rings. The summed E-state index contributed by atoms with van der Waals surface area (Å²) in [7, 11) is 0. The van der Waals surface area contributed by atoms with Crippen LogP contribution in [-0.4, -0.2) is 60.4 Å². The van der Waals surface area contributed by atoms with Crippen molar-refractivity contribution in [2.45, 2.75) is 45.1 Å². The molecule has 2 heterocycles. The quantitative estimate of drug-likeness (QED) is 0.839. The van der Waals surface area contributed by atoms with Gasteiger partial charge in [-0.05, 0) is 38.1 Å². The van der Waals surface area contributed by atoms with Gasteiger partial charge in [0.2, 0.25) is 11.8 Å². The number of piperidine rings is 1. The first-order valence-electron chi connectivity index (χ1n) is 8.50. The molecule has 21 heavy (non-hydrogen) atoms. The summed E-state index contributed by atoms with van der Waals surface area (Å²) < 4.78 is 0. The molecule has 0 spiro atoms. The molecule has 1 saturated carbocycles. The van der Waals surface area contributed by atoms with E-state index >= 15 is 0 Å². The minimum absolute atomic E-state index is 0.00520. The summed E-state index contributed by atoms with van der Waals surface area (Å²) in [6.07, 6.45) is 5.43. The lowest BCUT2D eigenvalue weighted by Crippen LogP contribution is -2.56. The van der Waals surface area contributed by atoms with Crippen LogP contribution in [0.2, 0.25) is 0 Å². The molecule has 2 amide bonds. The van der Waals surface area contributed by atoms with E-state index in [1.807, 2.05) is 9.80 Å². The second-order valence-corrected chi connectivity index (χ2v) is 6.73. The Bertz CT molecular complexity index is 400. The Morgan fingerprint density at radius 2 is 1.62 bits per heavy atom. The maximum atomic E-state index is 12.6. The van der Waals surface area contributed by atoms with E-state index in [0.717, 1.165) is 32.2 Å². The topological polar surface area (TPSA) is 52.7 Å². The monoisotopic (exact) mass is 293 g/mol. The Balaban J connectivity index is 1.49. The van der Waals surface area contributed by atoms with Crippen molar-refractivity contribution in [1.82, 2.24) is 15.1 Å². The largest absolute Gasteiger partial charge is 0.339 e. The molecule has 0 aromatic heterocycles. The molecule has 3 rings (SSSR count). The van der Waals surface area contributed by atoms with E-state index in [1.165, 1.54) is 6.42 Å². The highest BCUT2D eigenvalue weighted by Crippen LogP contribution is 2.31. The van der Waals surface area contributed by atoms with Crippen molar-refractivity contribution < 1.29 is 9.59 Å². The van der Waals surface area contributed by atoms with E-state index < -0.39 is 0 Å². The zero-order valence-corrected chi connectivity index (χ0v) is 13.0. The van der Waals surface area contributed by atoms with Crippen LogP contribution in [0.25, 0.3) is 0 Å². The van der Waals surface area contributed by atoms with Gasteiger partial charge in [-0.15, -0.1) is 0 Å². The van der Waals surface area contributed by atoms with Crippen molar-refractivity contribution in [3.63, 3.8) is 0 Å². The van der Waals surface area contributed by atoms with Gasteiger partial charge in [0.1, 0.15) is 0 Å². The average molecular weight is 293 g/mol. The third-order valence-corrected chi connectivity index (χ3v) is 5.22. The molecule has 118 valence electrons. The van der Waals surface area contributed by atoms with Crippen molar-refractivity contribution in [2.24, 2.45) is 11.8 Å². The van der Waals surface area contributed by atoms with Crippen molar-refractivity contribution in [3.8, 4) is 0 Å². The molecule has 2 saturated heterocycles. The van der Waals surface area contributed by atoms with Crippen LogP contribution < -0.4 is 5.32 Å². The number of carbonyl (C=O) groups excluding carboxylic acids is 2. The van der Waals surface area contributed by atoms with Crippen LogP contribution in [-0.2, 0) is 9.59 Å². The lowest BCUT2D eigenvalue weighted by molar-refractivity contribution is -0.142. The number of rotatable bonds is 3. The fourth-order valence-corrected chi connectivity index (χ4v) is 3.51. The number of hydrogen-bond donors (Lipinski definition) is 1. The maximum Gasteiger partial charge on any atom is 0.239 e. The van der Waals surface area contributed by atoms with Crippen molar-refractivity contribution >= 4 is 11.8 Å². The lowest BCUT2D eigenvalue weighted by Gasteiger charge is -2.38. The molecule has 3 fully saturated rings. The minimum atomic E-state index is -0.00520. The lowest BCUT2D eigenvalue weighted by atomic mass is 9.90. The highest BCUT2D eigenvalue weighted by atomic mass is 16.2. The van der Waals surface area contributed by atoms with Crippen molar-refractivity contribution in [1.29, 1.82) is 0 Å². The highest BCUT2D eigenvalue weighted by molar-refractivity contribution is 5.83. The van der Waals surface area contributed by atoms with E-state index in [-0.39, 0.29) is 17.9 Å². The van der Waals surface area contributed by atoms with Crippen LogP contribution in [0.3, 0.4) is 0 Å². The fourth-order valence-electron chi connectivity index (χ4n) is 3.51. The van der Waals surface area contributed by atoms with Gasteiger partial charge in [-0.2, -0.15) is 0 Å². The second kappa shape index (κ2) is 6.34. The molecule has 2 aliphatic heterocycles. The Labute approximate surface area is 127 Å². The zero-order chi connectivity index (χ0) is 14.8. The van der Waals surface area contributed by atoms with Crippen LogP contribution in [0, 0.1) is 11.8 Å². The predicted molar refractivity (Wildman–Crippen MR) is 80.7 cm³/mol. The summed E-state index contributed by atoms with van der Waals surface area (Å²) in [4.78, 5) is 28.5. The third-order valence-electron chi connectivity index (χ3n) is 5.22. The maximum absolute atomic E-state index is 12.6. The van der Waals surface area contributed by atoms with E-state index in [0.29, 0.717) is 38.0 Å². The predicted octanol–water partition coefficient (Wildman–Crippen LogP) is 0.845. The first kappa shape index (κ1) is 14.8. The molecule has 0 radical (unpaired) electrons. The Hall–Kier alpha value is -1.10. The zero-order valence-electron chi connectivity index (χ0n) is 13.0. The summed E-state index contributed by atoms with van der Waals surface area (Å²) in [5.74, 6) is 1.52. The molecule has 0 bridgehead atoms. The van der Waals surface area contributed by atoms with Gasteiger partial charge in [0, 0.05) is 32.1 Å². The second-order valence-electron chi connectivity index (χ2n) is 6.73. The molecule has 5 nitrogen and oxygen atoms in total. The molecular weight excluding hydrogens is 266 g/mol. The standard InChI is InChI=1S/C16H27N3O2/c1-2-12-5-6-17-14(11-12)16(21)19-9-7-18(8-10-19)15(20)13-3-4-13/h12-14,17H,2-11H2,1H3. The van der Waals surface area contributed by atoms with Gasteiger partial charge in [-0.1, -0.05) is 13.3 Å². The fraction of sp³-hybridized carbons (Fsp3) is 0.875. The Morgan fingerprint density at radius 3 is 2.19 bits per heavy atom. The molecule has 5 heteroatoms. The van der Waals surface area contributed by atoms with E-state index in [4.69, 9.17) is 0 Å². The van der Waals surface area contributed by atoms with Gasteiger partial charge in [0.15, 0.2) is 0 Å². The molecule has 2 unspecified atom stereocenters. The molecule has 1 aliphatic carbocycles. The van der Waals surface area contributed by atoms with Gasteiger partial charge in [0.05, 0.1) is 6.04 Å². The van der Waals surface area contributed by atoms with Gasteiger partial charge in [-0.3, -0.25) is 9.59 Å². The van der Waals surface area contributed by atoms with E-state index in [1.54, 1.807) is 0 Å². The third kappa shape index (κ3) is 3.39. The van der Waals surface area contributed by atoms with Crippen LogP contribution in [0.1, 0.15) is 39.0 Å². The number of nitrogens with one attached hydrogen (secondary N) is 1. The smallest absolute Gasteiger partial charge is 0.239 e. The number of hydrogen-bond acceptors (Lipinski definition) is 3. The summed E-state index contributed by atoms with van der Waals surface area (Å²) in [6, 6.07) is -0.00520. The van der Waals surface area contributed by atoms with Crippen molar-refractivity contribution in [2.75, 3.05) is 32.7 Å². The Kier molecular flexibility index (Phi) is 4.48. The van der Waals surface area contributed by atoms with Gasteiger partial charge in [0.25, 0.3) is 0 Å². The Morgan fingerprint density at radius 1 is 1.00 bits per heavy atom. The summed E-state index contributed by atoms with van der Waals surface area (Å²) >= 11 is 0. The number of nitrogens with zero attached hydrogens (tertiary/aromatic N) is 2. The molecular formula is C16H27N3O2. The van der Waals surface area contributed by atoms with Crippen LogP contribution in [0.5, 0.6) is 0 Å². The molecule has 2 atom stereocenters. The van der Waals surface area contributed by atoms with Crippen LogP contribution in [0.15, 0.2) is 0 Å². The first-order valence-corrected chi connectivity index (χ1v) is 8.50. The number of piperazine rings is 1. The van der Waals surface area contributed by atoms with E-state index in [9.17, 15) is 9.59 Å². The van der Waals surface area contributed by atoms with Gasteiger partial charge in [-0.25, -0.2) is 0 Å². The molecule has 3 aliphatic rings. The summed E-state index contributed by atoms with van der Waals surface area (Å²) in [6.45, 7) is 5.99. The van der Waals surface area contributed by atoms with Gasteiger partial charge >= 0.3 is 0 Å². The number of carbonyl (C=O) groups is 2. The van der Waals surface area contributed by atoms with E-state index in [2.05, 4.69) is 12.2 Å². The van der Waals surface area contributed by atoms with Crippen molar-refractivity contribution in [3.05, 3.63) is 0 Å². The number of amides is 2. The minimum Gasteiger partial charge on any atom is -0.339 e. The van der Waals surface area contributed by atoms with Crippen LogP contribution >= 0.6 is 0 Å². The van der Waals surface area contributed by atoms with Gasteiger partial charge < -0.3 is 15.1 Å². The summed E-state index contributed by atoms with van der Waals surface area (Å²) in [5.41, 5.74) is 0. The summed E-state index contributed by atoms with van der Waals surface area (Å²) in [5, 5.41) is 3.37. The van der Waals surface area contributed by atoms with Crippen LogP contribution in [0.4, 0.5) is 0 Å². The highest BCUT2D eigenvalue weighted by Gasteiger charge is 2.36.